The molecule has 17 heavy (non-hydrogen) atoms. The molecule has 0 amide bonds. The SMILES string of the molecule is c1cc2c(ccc3cnn(CC4CCN4)c32)o1. The minimum Gasteiger partial charge on any atom is -0.464 e. The van der Waals surface area contributed by atoms with E-state index in [0.29, 0.717) is 6.04 Å². The van der Waals surface area contributed by atoms with E-state index in [9.17, 15) is 0 Å². The number of fused-ring (bicyclic) bond motifs is 3. The number of furan rings is 1. The Kier molecular flexibility index (Phi) is 1.82. The van der Waals surface area contributed by atoms with Crippen molar-refractivity contribution in [3.8, 4) is 0 Å². The minimum atomic E-state index is 0.570. The van der Waals surface area contributed by atoms with Crippen molar-refractivity contribution < 1.29 is 4.42 Å². The molecular weight excluding hydrogens is 214 g/mol. The fourth-order valence-corrected chi connectivity index (χ4v) is 2.48. The van der Waals surface area contributed by atoms with Gasteiger partial charge in [0.25, 0.3) is 0 Å². The molecule has 1 saturated heterocycles. The molecule has 3 heterocycles. The number of rotatable bonds is 2. The Labute approximate surface area is 98.2 Å². The number of hydrogen-bond acceptors (Lipinski definition) is 3. The first-order chi connectivity index (χ1) is 8.42. The van der Waals surface area contributed by atoms with Crippen molar-refractivity contribution in [2.75, 3.05) is 6.54 Å². The van der Waals surface area contributed by atoms with E-state index in [1.807, 2.05) is 18.3 Å². The summed E-state index contributed by atoms with van der Waals surface area (Å²) in [5, 5.41) is 10.2. The Hall–Kier alpha value is -1.81. The van der Waals surface area contributed by atoms with Gasteiger partial charge in [0.15, 0.2) is 0 Å². The molecule has 4 heteroatoms. The van der Waals surface area contributed by atoms with Gasteiger partial charge in [0.2, 0.25) is 0 Å². The highest BCUT2D eigenvalue weighted by Gasteiger charge is 2.18. The largest absolute Gasteiger partial charge is 0.464 e. The predicted octanol–water partition coefficient (Wildman–Crippen LogP) is 2.14. The van der Waals surface area contributed by atoms with Crippen molar-refractivity contribution in [3.63, 3.8) is 0 Å². The van der Waals surface area contributed by atoms with E-state index >= 15 is 0 Å². The summed E-state index contributed by atoms with van der Waals surface area (Å²) < 4.78 is 7.53. The van der Waals surface area contributed by atoms with Crippen molar-refractivity contribution in [2.45, 2.75) is 19.0 Å². The third-order valence-electron chi connectivity index (χ3n) is 3.55. The van der Waals surface area contributed by atoms with Gasteiger partial charge in [0.1, 0.15) is 5.58 Å². The van der Waals surface area contributed by atoms with Crippen LogP contribution < -0.4 is 5.32 Å². The van der Waals surface area contributed by atoms with Gasteiger partial charge in [0.05, 0.1) is 24.5 Å². The van der Waals surface area contributed by atoms with E-state index in [0.717, 1.165) is 24.1 Å². The zero-order valence-corrected chi connectivity index (χ0v) is 9.39. The van der Waals surface area contributed by atoms with Crippen LogP contribution >= 0.6 is 0 Å². The van der Waals surface area contributed by atoms with E-state index in [2.05, 4.69) is 21.2 Å². The van der Waals surface area contributed by atoms with Crippen LogP contribution in [0.3, 0.4) is 0 Å². The third kappa shape index (κ3) is 1.31. The number of hydrogen-bond donors (Lipinski definition) is 1. The van der Waals surface area contributed by atoms with E-state index in [1.54, 1.807) is 6.26 Å². The van der Waals surface area contributed by atoms with Gasteiger partial charge in [0, 0.05) is 16.8 Å². The van der Waals surface area contributed by atoms with Gasteiger partial charge in [-0.25, -0.2) is 0 Å². The smallest absolute Gasteiger partial charge is 0.136 e. The first-order valence-electron chi connectivity index (χ1n) is 5.97. The molecule has 4 nitrogen and oxygen atoms in total. The molecule has 1 unspecified atom stereocenters. The zero-order valence-electron chi connectivity index (χ0n) is 9.39. The van der Waals surface area contributed by atoms with Gasteiger partial charge < -0.3 is 9.73 Å². The summed E-state index contributed by atoms with van der Waals surface area (Å²) in [7, 11) is 0. The Balaban J connectivity index is 1.92. The van der Waals surface area contributed by atoms with Gasteiger partial charge in [-0.05, 0) is 31.2 Å². The average molecular weight is 227 g/mol. The molecule has 0 bridgehead atoms. The van der Waals surface area contributed by atoms with Crippen LogP contribution in [0.2, 0.25) is 0 Å². The summed E-state index contributed by atoms with van der Waals surface area (Å²) in [6.07, 6.45) is 4.91. The lowest BCUT2D eigenvalue weighted by atomic mass is 10.1. The molecule has 1 N–H and O–H groups in total. The van der Waals surface area contributed by atoms with E-state index in [4.69, 9.17) is 4.42 Å². The molecule has 86 valence electrons. The van der Waals surface area contributed by atoms with Gasteiger partial charge in [-0.1, -0.05) is 0 Å². The van der Waals surface area contributed by atoms with Crippen molar-refractivity contribution in [1.82, 2.24) is 15.1 Å². The van der Waals surface area contributed by atoms with Gasteiger partial charge in [-0.15, -0.1) is 0 Å². The molecule has 0 radical (unpaired) electrons. The second-order valence-corrected chi connectivity index (χ2v) is 4.60. The Morgan fingerprint density at radius 2 is 2.35 bits per heavy atom. The summed E-state index contributed by atoms with van der Waals surface area (Å²) in [5.41, 5.74) is 2.12. The maximum absolute atomic E-state index is 5.44. The highest BCUT2D eigenvalue weighted by molar-refractivity contribution is 6.03. The number of nitrogens with zero attached hydrogens (tertiary/aromatic N) is 2. The maximum atomic E-state index is 5.44. The van der Waals surface area contributed by atoms with E-state index in [1.165, 1.54) is 17.3 Å². The molecule has 1 fully saturated rings. The molecule has 4 rings (SSSR count). The number of benzene rings is 1. The highest BCUT2D eigenvalue weighted by atomic mass is 16.3. The molecule has 1 aromatic carbocycles. The van der Waals surface area contributed by atoms with Crippen LogP contribution in [0.25, 0.3) is 21.9 Å². The topological polar surface area (TPSA) is 43.0 Å². The highest BCUT2D eigenvalue weighted by Crippen LogP contribution is 2.26. The Bertz CT molecular complexity index is 678. The second kappa shape index (κ2) is 3.34. The molecule has 2 aromatic heterocycles. The molecule has 3 aromatic rings. The van der Waals surface area contributed by atoms with E-state index in [-0.39, 0.29) is 0 Å². The molecule has 1 atom stereocenters. The van der Waals surface area contributed by atoms with Gasteiger partial charge in [-0.2, -0.15) is 5.10 Å². The summed E-state index contributed by atoms with van der Waals surface area (Å²) in [4.78, 5) is 0. The lowest BCUT2D eigenvalue weighted by Gasteiger charge is -2.27. The minimum absolute atomic E-state index is 0.570. The van der Waals surface area contributed by atoms with Crippen molar-refractivity contribution in [3.05, 3.63) is 30.7 Å². The monoisotopic (exact) mass is 227 g/mol. The normalized spacial score (nSPS) is 19.9. The summed E-state index contributed by atoms with van der Waals surface area (Å²) >= 11 is 0. The quantitative estimate of drug-likeness (QED) is 0.729. The summed E-state index contributed by atoms with van der Waals surface area (Å²) in [6.45, 7) is 2.07. The lowest BCUT2D eigenvalue weighted by molar-refractivity contribution is 0.323. The van der Waals surface area contributed by atoms with Gasteiger partial charge in [-0.3, -0.25) is 4.68 Å². The van der Waals surface area contributed by atoms with Crippen LogP contribution in [-0.2, 0) is 6.54 Å². The second-order valence-electron chi connectivity index (χ2n) is 4.60. The average Bonchev–Trinajstić information content (AvgIpc) is 2.89. The molecule has 0 saturated carbocycles. The van der Waals surface area contributed by atoms with E-state index < -0.39 is 0 Å². The van der Waals surface area contributed by atoms with Crippen LogP contribution in [0.4, 0.5) is 0 Å². The van der Waals surface area contributed by atoms with Crippen LogP contribution in [0.5, 0.6) is 0 Å². The maximum Gasteiger partial charge on any atom is 0.136 e. The number of nitrogens with one attached hydrogen (secondary N) is 1. The fourth-order valence-electron chi connectivity index (χ4n) is 2.48. The first-order valence-corrected chi connectivity index (χ1v) is 5.97. The fraction of sp³-hybridized carbons (Fsp3) is 0.308. The Morgan fingerprint density at radius 1 is 1.41 bits per heavy atom. The standard InChI is InChI=1S/C13H13N3O/c1-2-12-11(4-6-17-12)13-9(1)7-15-16(13)8-10-3-5-14-10/h1-2,4,6-7,10,14H,3,5,8H2. The van der Waals surface area contributed by atoms with Crippen molar-refractivity contribution in [2.24, 2.45) is 0 Å². The molecule has 0 spiro atoms. The lowest BCUT2D eigenvalue weighted by Crippen LogP contribution is -2.45. The molecular formula is C13H13N3O. The van der Waals surface area contributed by atoms with Crippen LogP contribution in [0.1, 0.15) is 6.42 Å². The van der Waals surface area contributed by atoms with Gasteiger partial charge >= 0.3 is 0 Å². The number of aromatic nitrogens is 2. The molecule has 0 aliphatic carbocycles. The Morgan fingerprint density at radius 3 is 3.18 bits per heavy atom. The van der Waals surface area contributed by atoms with Crippen molar-refractivity contribution >= 4 is 21.9 Å². The summed E-state index contributed by atoms with van der Waals surface area (Å²) in [5.74, 6) is 0. The molecule has 1 aliphatic rings. The first kappa shape index (κ1) is 9.24. The molecule has 1 aliphatic heterocycles. The van der Waals surface area contributed by atoms with Crippen LogP contribution in [-0.4, -0.2) is 22.4 Å². The van der Waals surface area contributed by atoms with Crippen LogP contribution in [0, 0.1) is 0 Å². The summed E-state index contributed by atoms with van der Waals surface area (Å²) in [6, 6.07) is 6.66. The predicted molar refractivity (Wildman–Crippen MR) is 65.9 cm³/mol. The zero-order chi connectivity index (χ0) is 11.2. The van der Waals surface area contributed by atoms with Crippen LogP contribution in [0.15, 0.2) is 35.1 Å². The third-order valence-corrected chi connectivity index (χ3v) is 3.55. The van der Waals surface area contributed by atoms with Crippen molar-refractivity contribution in [1.29, 1.82) is 0 Å².